The molecular formula is C23H22N2O7. The summed E-state index contributed by atoms with van der Waals surface area (Å²) in [5.41, 5.74) is 4.01. The smallest absolute Gasteiger partial charge is 0.371 e. The van der Waals surface area contributed by atoms with E-state index in [9.17, 15) is 9.59 Å². The molecule has 0 atom stereocenters. The third-order valence-corrected chi connectivity index (χ3v) is 4.36. The average Bonchev–Trinajstić information content (AvgIpc) is 3.28. The van der Waals surface area contributed by atoms with Gasteiger partial charge in [0.2, 0.25) is 11.7 Å². The molecule has 3 rings (SSSR count). The first-order valence-corrected chi connectivity index (χ1v) is 9.56. The number of carbonyl (C=O) groups is 2. The number of hydrogen-bond donors (Lipinski definition) is 2. The van der Waals surface area contributed by atoms with E-state index in [1.165, 1.54) is 25.5 Å². The molecule has 9 nitrogen and oxygen atoms in total. The Bertz CT molecular complexity index is 1100. The van der Waals surface area contributed by atoms with Crippen molar-refractivity contribution < 1.29 is 33.3 Å². The molecular weight excluding hydrogens is 416 g/mol. The number of furan rings is 1. The molecule has 0 saturated carbocycles. The highest BCUT2D eigenvalue weighted by Gasteiger charge is 2.11. The molecule has 1 heterocycles. The zero-order chi connectivity index (χ0) is 22.9. The predicted octanol–water partition coefficient (Wildman–Crippen LogP) is 3.27. The minimum absolute atomic E-state index is 0.0402. The first-order valence-electron chi connectivity index (χ1n) is 9.56. The first kappa shape index (κ1) is 22.4. The zero-order valence-corrected chi connectivity index (χ0v) is 17.5. The van der Waals surface area contributed by atoms with Crippen molar-refractivity contribution in [2.45, 2.75) is 13.0 Å². The molecule has 0 aliphatic carbocycles. The van der Waals surface area contributed by atoms with Gasteiger partial charge in [0.25, 0.3) is 0 Å². The van der Waals surface area contributed by atoms with Crippen molar-refractivity contribution >= 4 is 18.1 Å². The van der Waals surface area contributed by atoms with E-state index in [2.05, 4.69) is 10.5 Å². The number of aromatic carboxylic acids is 1. The van der Waals surface area contributed by atoms with E-state index in [-0.39, 0.29) is 24.7 Å². The van der Waals surface area contributed by atoms with E-state index < -0.39 is 5.97 Å². The summed E-state index contributed by atoms with van der Waals surface area (Å²) >= 11 is 0. The Kier molecular flexibility index (Phi) is 7.47. The van der Waals surface area contributed by atoms with Crippen LogP contribution in [0.15, 0.2) is 64.1 Å². The van der Waals surface area contributed by atoms with Gasteiger partial charge in [0.05, 0.1) is 26.9 Å². The maximum Gasteiger partial charge on any atom is 0.371 e. The molecule has 2 aromatic carbocycles. The summed E-state index contributed by atoms with van der Waals surface area (Å²) in [6, 6.07) is 15.2. The number of carboxylic acids is 1. The van der Waals surface area contributed by atoms with Crippen molar-refractivity contribution in [2.24, 2.45) is 5.10 Å². The van der Waals surface area contributed by atoms with Gasteiger partial charge in [-0.15, -0.1) is 0 Å². The number of hydrogen-bond acceptors (Lipinski definition) is 7. The van der Waals surface area contributed by atoms with E-state index in [4.69, 9.17) is 23.7 Å². The SMILES string of the molecule is COc1ccc(CC(=O)N/N=C/c2ccc(OCc3ccc(C(=O)O)o3)c(OC)c2)cc1. The highest BCUT2D eigenvalue weighted by atomic mass is 16.5. The lowest BCUT2D eigenvalue weighted by atomic mass is 10.1. The summed E-state index contributed by atoms with van der Waals surface area (Å²) in [6.45, 7) is 0.0402. The van der Waals surface area contributed by atoms with E-state index in [0.717, 1.165) is 11.3 Å². The molecule has 0 saturated heterocycles. The van der Waals surface area contributed by atoms with Gasteiger partial charge in [0, 0.05) is 0 Å². The summed E-state index contributed by atoms with van der Waals surface area (Å²) in [7, 11) is 3.08. The van der Waals surface area contributed by atoms with E-state index in [1.807, 2.05) is 12.1 Å². The van der Waals surface area contributed by atoms with Crippen LogP contribution in [-0.2, 0) is 17.8 Å². The van der Waals surface area contributed by atoms with E-state index in [1.54, 1.807) is 37.4 Å². The standard InChI is InChI=1S/C23H22N2O7/c1-29-17-6-3-15(4-7-17)12-22(26)25-24-13-16-5-9-19(21(11-16)30-2)31-14-18-8-10-20(32-18)23(27)28/h3-11,13H,12,14H2,1-2H3,(H,25,26)(H,27,28)/b24-13+. The quantitative estimate of drug-likeness (QED) is 0.368. The lowest BCUT2D eigenvalue weighted by Crippen LogP contribution is -2.19. The number of methoxy groups -OCH3 is 2. The van der Waals surface area contributed by atoms with Crippen molar-refractivity contribution in [1.29, 1.82) is 0 Å². The molecule has 166 valence electrons. The summed E-state index contributed by atoms with van der Waals surface area (Å²) in [4.78, 5) is 22.9. The average molecular weight is 438 g/mol. The number of benzene rings is 2. The Morgan fingerprint density at radius 3 is 2.47 bits per heavy atom. The molecule has 2 N–H and O–H groups in total. The van der Waals surface area contributed by atoms with Crippen LogP contribution in [0.4, 0.5) is 0 Å². The number of nitrogens with zero attached hydrogens (tertiary/aromatic N) is 1. The number of carbonyl (C=O) groups excluding carboxylic acids is 1. The highest BCUT2D eigenvalue weighted by molar-refractivity contribution is 5.84. The van der Waals surface area contributed by atoms with Gasteiger partial charge >= 0.3 is 5.97 Å². The maximum atomic E-state index is 12.1. The van der Waals surface area contributed by atoms with Gasteiger partial charge in [0.15, 0.2) is 11.5 Å². The van der Waals surface area contributed by atoms with Crippen LogP contribution in [0.5, 0.6) is 17.2 Å². The number of carboxylic acid groups (broad SMARTS) is 1. The van der Waals surface area contributed by atoms with E-state index >= 15 is 0 Å². The lowest BCUT2D eigenvalue weighted by molar-refractivity contribution is -0.120. The Morgan fingerprint density at radius 1 is 1.03 bits per heavy atom. The lowest BCUT2D eigenvalue weighted by Gasteiger charge is -2.10. The molecule has 0 bridgehead atoms. The summed E-state index contributed by atoms with van der Waals surface area (Å²) in [5, 5.41) is 12.9. The van der Waals surface area contributed by atoms with Crippen molar-refractivity contribution in [3.05, 3.63) is 77.2 Å². The third kappa shape index (κ3) is 6.11. The molecule has 3 aromatic rings. The fraction of sp³-hybridized carbons (Fsp3) is 0.174. The van der Waals surface area contributed by atoms with Crippen LogP contribution >= 0.6 is 0 Å². The summed E-state index contributed by atoms with van der Waals surface area (Å²) < 4.78 is 21.2. The Balaban J connectivity index is 1.55. The second-order valence-electron chi connectivity index (χ2n) is 6.59. The van der Waals surface area contributed by atoms with Crippen molar-refractivity contribution in [3.63, 3.8) is 0 Å². The Hall–Kier alpha value is -4.27. The van der Waals surface area contributed by atoms with Gasteiger partial charge in [-0.3, -0.25) is 4.79 Å². The van der Waals surface area contributed by atoms with Crippen LogP contribution in [0.3, 0.4) is 0 Å². The third-order valence-electron chi connectivity index (χ3n) is 4.36. The van der Waals surface area contributed by atoms with E-state index in [0.29, 0.717) is 22.8 Å². The largest absolute Gasteiger partial charge is 0.497 e. The molecule has 0 unspecified atom stereocenters. The number of rotatable bonds is 10. The monoisotopic (exact) mass is 438 g/mol. The molecule has 0 aliphatic rings. The predicted molar refractivity (Wildman–Crippen MR) is 115 cm³/mol. The number of hydrazone groups is 1. The van der Waals surface area contributed by atoms with Crippen LogP contribution < -0.4 is 19.6 Å². The number of ether oxygens (including phenoxy) is 3. The fourth-order valence-corrected chi connectivity index (χ4v) is 2.75. The molecule has 1 aromatic heterocycles. The Labute approximate surface area is 184 Å². The molecule has 0 spiro atoms. The van der Waals surface area contributed by atoms with Crippen LogP contribution in [0.2, 0.25) is 0 Å². The summed E-state index contributed by atoms with van der Waals surface area (Å²) in [6.07, 6.45) is 1.68. The van der Waals surface area contributed by atoms with Crippen LogP contribution in [0.25, 0.3) is 0 Å². The number of amides is 1. The van der Waals surface area contributed by atoms with Crippen LogP contribution in [-0.4, -0.2) is 37.4 Å². The topological polar surface area (TPSA) is 120 Å². The van der Waals surface area contributed by atoms with Crippen LogP contribution in [0, 0.1) is 0 Å². The second kappa shape index (κ2) is 10.7. The minimum atomic E-state index is -1.14. The van der Waals surface area contributed by atoms with Crippen molar-refractivity contribution in [1.82, 2.24) is 5.43 Å². The van der Waals surface area contributed by atoms with Gasteiger partial charge in [-0.05, 0) is 53.6 Å². The van der Waals surface area contributed by atoms with Gasteiger partial charge < -0.3 is 23.7 Å². The molecule has 0 radical (unpaired) electrons. The van der Waals surface area contributed by atoms with Gasteiger partial charge in [-0.25, -0.2) is 10.2 Å². The zero-order valence-electron chi connectivity index (χ0n) is 17.5. The molecule has 0 fully saturated rings. The minimum Gasteiger partial charge on any atom is -0.497 e. The van der Waals surface area contributed by atoms with Crippen LogP contribution in [0.1, 0.15) is 27.4 Å². The van der Waals surface area contributed by atoms with Crippen molar-refractivity contribution in [3.8, 4) is 17.2 Å². The van der Waals surface area contributed by atoms with Gasteiger partial charge in [-0.1, -0.05) is 12.1 Å². The molecule has 9 heteroatoms. The van der Waals surface area contributed by atoms with Gasteiger partial charge in [0.1, 0.15) is 18.1 Å². The first-order chi connectivity index (χ1) is 15.5. The fourth-order valence-electron chi connectivity index (χ4n) is 2.75. The van der Waals surface area contributed by atoms with Gasteiger partial charge in [-0.2, -0.15) is 5.10 Å². The molecule has 32 heavy (non-hydrogen) atoms. The molecule has 0 aliphatic heterocycles. The Morgan fingerprint density at radius 2 is 1.81 bits per heavy atom. The highest BCUT2D eigenvalue weighted by Crippen LogP contribution is 2.28. The molecule has 1 amide bonds. The maximum absolute atomic E-state index is 12.1. The van der Waals surface area contributed by atoms with Crippen molar-refractivity contribution in [2.75, 3.05) is 14.2 Å². The summed E-state index contributed by atoms with van der Waals surface area (Å²) in [5.74, 6) is 0.435. The second-order valence-corrected chi connectivity index (χ2v) is 6.59. The number of nitrogens with one attached hydrogen (secondary N) is 1. The normalized spacial score (nSPS) is 10.7.